The molecule has 1 atom stereocenters. The summed E-state index contributed by atoms with van der Waals surface area (Å²) in [6.07, 6.45) is 2.09. The summed E-state index contributed by atoms with van der Waals surface area (Å²) in [7, 11) is 0. The van der Waals surface area contributed by atoms with Crippen molar-refractivity contribution in [2.75, 3.05) is 4.90 Å². The Morgan fingerprint density at radius 1 is 1.30 bits per heavy atom. The first-order valence-corrected chi connectivity index (χ1v) is 10.4. The average molecular weight is 440 g/mol. The fraction of sp³-hybridized carbons (Fsp3) is 0.238. The van der Waals surface area contributed by atoms with E-state index in [1.165, 1.54) is 0 Å². The third kappa shape index (κ3) is 3.01. The van der Waals surface area contributed by atoms with E-state index >= 15 is 0 Å². The second-order valence-electron chi connectivity index (χ2n) is 6.82. The van der Waals surface area contributed by atoms with Crippen molar-refractivity contribution in [1.29, 1.82) is 5.26 Å². The highest BCUT2D eigenvalue weighted by Gasteiger charge is 2.40. The van der Waals surface area contributed by atoms with Crippen LogP contribution in [0.5, 0.6) is 0 Å². The van der Waals surface area contributed by atoms with Crippen molar-refractivity contribution >= 4 is 38.7 Å². The van der Waals surface area contributed by atoms with E-state index in [0.717, 1.165) is 44.7 Å². The lowest BCUT2D eigenvalue weighted by molar-refractivity contribution is -0.116. The Hall–Kier alpha value is -2.36. The zero-order valence-corrected chi connectivity index (χ0v) is 17.2. The Morgan fingerprint density at radius 3 is 2.67 bits per heavy atom. The Balaban J connectivity index is 1.96. The van der Waals surface area contributed by atoms with Crippen molar-refractivity contribution in [1.82, 2.24) is 0 Å². The number of Topliss-reactive ketones (excluding diaryl/α,β-unsaturated/α-hetero) is 1. The van der Waals surface area contributed by atoms with Gasteiger partial charge in [0.1, 0.15) is 5.82 Å². The molecule has 1 unspecified atom stereocenters. The summed E-state index contributed by atoms with van der Waals surface area (Å²) in [5, 5.41) is 11.9. The van der Waals surface area contributed by atoms with Crippen LogP contribution in [0, 0.1) is 18.3 Å². The predicted octanol–water partition coefficient (Wildman–Crippen LogP) is 5.12. The van der Waals surface area contributed by atoms with Gasteiger partial charge < -0.3 is 5.73 Å². The number of halogens is 1. The highest BCUT2D eigenvalue weighted by atomic mass is 79.9. The van der Waals surface area contributed by atoms with Crippen molar-refractivity contribution < 1.29 is 4.79 Å². The van der Waals surface area contributed by atoms with Gasteiger partial charge in [-0.15, -0.1) is 11.3 Å². The highest BCUT2D eigenvalue weighted by molar-refractivity contribution is 9.10. The Morgan fingerprint density at radius 2 is 2.04 bits per heavy atom. The molecular formula is C21H18BrN3OS. The van der Waals surface area contributed by atoms with Crippen LogP contribution in [0.25, 0.3) is 0 Å². The van der Waals surface area contributed by atoms with Gasteiger partial charge in [-0.25, -0.2) is 0 Å². The Kier molecular flexibility index (Phi) is 4.67. The summed E-state index contributed by atoms with van der Waals surface area (Å²) < 4.78 is 0.949. The number of nitrogens with zero attached hydrogens (tertiary/aromatic N) is 2. The van der Waals surface area contributed by atoms with Crippen molar-refractivity contribution in [3.63, 3.8) is 0 Å². The summed E-state index contributed by atoms with van der Waals surface area (Å²) >= 11 is 5.02. The van der Waals surface area contributed by atoms with Crippen LogP contribution in [0.2, 0.25) is 0 Å². The van der Waals surface area contributed by atoms with Gasteiger partial charge in [-0.2, -0.15) is 5.26 Å². The number of thiophene rings is 1. The minimum Gasteiger partial charge on any atom is -0.384 e. The number of carbonyl (C=O) groups excluding carboxylic acids is 1. The van der Waals surface area contributed by atoms with Crippen LogP contribution in [0.15, 0.2) is 62.8 Å². The smallest absolute Gasteiger partial charge is 0.161 e. The monoisotopic (exact) mass is 439 g/mol. The number of allylic oxidation sites excluding steroid dienone is 3. The van der Waals surface area contributed by atoms with Gasteiger partial charge in [-0.1, -0.05) is 17.7 Å². The molecule has 0 radical (unpaired) electrons. The molecule has 27 heavy (non-hydrogen) atoms. The number of nitrogens with two attached hydrogens (primary N) is 1. The minimum absolute atomic E-state index is 0.114. The van der Waals surface area contributed by atoms with E-state index in [4.69, 9.17) is 5.73 Å². The topological polar surface area (TPSA) is 70.1 Å². The van der Waals surface area contributed by atoms with Crippen molar-refractivity contribution in [2.45, 2.75) is 32.1 Å². The molecule has 2 aromatic rings. The third-order valence-electron chi connectivity index (χ3n) is 5.08. The van der Waals surface area contributed by atoms with Crippen LogP contribution in [0.1, 0.15) is 35.6 Å². The quantitative estimate of drug-likeness (QED) is 0.704. The summed E-state index contributed by atoms with van der Waals surface area (Å²) in [6.45, 7) is 2.03. The molecule has 0 saturated heterocycles. The van der Waals surface area contributed by atoms with Gasteiger partial charge >= 0.3 is 0 Å². The lowest BCUT2D eigenvalue weighted by Gasteiger charge is -2.39. The fourth-order valence-corrected chi connectivity index (χ4v) is 5.40. The normalized spacial score (nSPS) is 20.0. The molecule has 4 nitrogen and oxygen atoms in total. The zero-order valence-electron chi connectivity index (χ0n) is 14.8. The number of nitriles is 1. The number of anilines is 1. The van der Waals surface area contributed by atoms with Crippen LogP contribution in [-0.2, 0) is 4.79 Å². The number of hydrogen-bond acceptors (Lipinski definition) is 5. The maximum Gasteiger partial charge on any atom is 0.161 e. The van der Waals surface area contributed by atoms with Gasteiger partial charge in [0.2, 0.25) is 0 Å². The number of hydrogen-bond donors (Lipinski definition) is 1. The van der Waals surface area contributed by atoms with E-state index < -0.39 is 0 Å². The van der Waals surface area contributed by atoms with Gasteiger partial charge in [-0.05, 0) is 53.9 Å². The molecule has 6 heteroatoms. The van der Waals surface area contributed by atoms with Crippen molar-refractivity contribution in [2.24, 2.45) is 5.73 Å². The Bertz CT molecular complexity index is 1030. The molecule has 1 aromatic heterocycles. The molecule has 1 aliphatic heterocycles. The standard InChI is InChI=1S/C21H18BrN3OS/c1-12-5-7-14(8-6-12)25-16-3-2-4-17(26)20(16)19(15(10-23)21(25)24)18-9-13(22)11-27-18/h5-9,11,19H,2-4,24H2,1H3. The molecule has 0 amide bonds. The maximum absolute atomic E-state index is 13.0. The predicted molar refractivity (Wildman–Crippen MR) is 111 cm³/mol. The van der Waals surface area contributed by atoms with E-state index in [-0.39, 0.29) is 11.7 Å². The summed E-state index contributed by atoms with van der Waals surface area (Å²) in [6, 6.07) is 12.3. The first kappa shape index (κ1) is 18.0. The number of carbonyl (C=O) groups is 1. The molecule has 136 valence electrons. The number of aryl methyl sites for hydroxylation is 1. The summed E-state index contributed by atoms with van der Waals surface area (Å²) in [5.74, 6) is 0.156. The first-order valence-electron chi connectivity index (χ1n) is 8.78. The molecule has 0 saturated carbocycles. The van der Waals surface area contributed by atoms with Crippen LogP contribution >= 0.6 is 27.3 Å². The summed E-state index contributed by atoms with van der Waals surface area (Å²) in [5.41, 5.74) is 10.7. The number of benzene rings is 1. The second kappa shape index (κ2) is 6.99. The van der Waals surface area contributed by atoms with E-state index in [0.29, 0.717) is 17.8 Å². The van der Waals surface area contributed by atoms with E-state index in [1.807, 2.05) is 47.5 Å². The van der Waals surface area contributed by atoms with Crippen LogP contribution in [-0.4, -0.2) is 5.78 Å². The lowest BCUT2D eigenvalue weighted by Crippen LogP contribution is -2.38. The minimum atomic E-state index is -0.379. The van der Waals surface area contributed by atoms with E-state index in [9.17, 15) is 10.1 Å². The highest BCUT2D eigenvalue weighted by Crippen LogP contribution is 2.47. The van der Waals surface area contributed by atoms with Gasteiger partial charge in [0.25, 0.3) is 0 Å². The van der Waals surface area contributed by atoms with Gasteiger partial charge in [0, 0.05) is 38.1 Å². The van der Waals surface area contributed by atoms with Crippen LogP contribution in [0.3, 0.4) is 0 Å². The molecule has 0 spiro atoms. The average Bonchev–Trinajstić information content (AvgIpc) is 3.08. The van der Waals surface area contributed by atoms with Crippen molar-refractivity contribution in [3.05, 3.63) is 73.3 Å². The van der Waals surface area contributed by atoms with Crippen LogP contribution in [0.4, 0.5) is 5.69 Å². The number of rotatable bonds is 2. The molecule has 1 aromatic carbocycles. The molecule has 1 aliphatic carbocycles. The van der Waals surface area contributed by atoms with E-state index in [2.05, 4.69) is 22.0 Å². The maximum atomic E-state index is 13.0. The first-order chi connectivity index (χ1) is 13.0. The van der Waals surface area contributed by atoms with Crippen LogP contribution < -0.4 is 10.6 Å². The molecule has 0 bridgehead atoms. The molecular weight excluding hydrogens is 422 g/mol. The molecule has 2 N–H and O–H groups in total. The second-order valence-corrected chi connectivity index (χ2v) is 8.68. The van der Waals surface area contributed by atoms with Crippen molar-refractivity contribution in [3.8, 4) is 6.07 Å². The molecule has 4 rings (SSSR count). The SMILES string of the molecule is Cc1ccc(N2C(N)=C(C#N)C(c3cc(Br)cs3)C3=C2CCCC3=O)cc1. The number of ketones is 1. The zero-order chi connectivity index (χ0) is 19.1. The molecule has 0 fully saturated rings. The third-order valence-corrected chi connectivity index (χ3v) is 6.84. The Labute approximate surface area is 170 Å². The van der Waals surface area contributed by atoms with Gasteiger partial charge in [-0.3, -0.25) is 9.69 Å². The van der Waals surface area contributed by atoms with Gasteiger partial charge in [0.15, 0.2) is 5.78 Å². The molecule has 2 heterocycles. The van der Waals surface area contributed by atoms with E-state index in [1.54, 1.807) is 11.3 Å². The fourth-order valence-electron chi connectivity index (χ4n) is 3.84. The lowest BCUT2D eigenvalue weighted by atomic mass is 9.78. The summed E-state index contributed by atoms with van der Waals surface area (Å²) in [4.78, 5) is 15.8. The molecule has 2 aliphatic rings. The largest absolute Gasteiger partial charge is 0.384 e. The van der Waals surface area contributed by atoms with Gasteiger partial charge in [0.05, 0.1) is 17.6 Å².